The van der Waals surface area contributed by atoms with E-state index in [2.05, 4.69) is 26.3 Å². The number of fused-ring (bicyclic) bond motifs is 1. The Labute approximate surface area is 181 Å². The van der Waals surface area contributed by atoms with Crippen molar-refractivity contribution in [1.82, 2.24) is 15.3 Å². The zero-order valence-electron chi connectivity index (χ0n) is 15.9. The van der Waals surface area contributed by atoms with Crippen LogP contribution in [0.4, 0.5) is 10.3 Å². The van der Waals surface area contributed by atoms with Gasteiger partial charge in [0.25, 0.3) is 5.91 Å². The number of aliphatic imine (C=N–C) groups is 1. The smallest absolute Gasteiger partial charge is 0.257 e. The maximum atomic E-state index is 13.3. The molecule has 0 saturated carbocycles. The Morgan fingerprint density at radius 3 is 2.70 bits per heavy atom. The number of thioether (sulfide) groups is 1. The molecule has 4 heterocycles. The second-order valence-corrected chi connectivity index (χ2v) is 9.18. The van der Waals surface area contributed by atoms with E-state index >= 15 is 0 Å². The number of aromatic nitrogens is 2. The molecule has 0 aliphatic carbocycles. The van der Waals surface area contributed by atoms with Gasteiger partial charge < -0.3 is 10.2 Å². The second-order valence-electron chi connectivity index (χ2n) is 7.23. The molecule has 5 rings (SSSR count). The minimum Gasteiger partial charge on any atom is -0.338 e. The van der Waals surface area contributed by atoms with E-state index in [4.69, 9.17) is 4.99 Å². The van der Waals surface area contributed by atoms with E-state index in [0.717, 1.165) is 17.2 Å². The van der Waals surface area contributed by atoms with Crippen LogP contribution >= 0.6 is 23.1 Å². The molecule has 2 aliphatic heterocycles. The lowest BCUT2D eigenvalue weighted by Gasteiger charge is -2.34. The molecule has 6 nitrogen and oxygen atoms in total. The van der Waals surface area contributed by atoms with Crippen molar-refractivity contribution in [2.45, 2.75) is 5.54 Å². The fourth-order valence-electron chi connectivity index (χ4n) is 3.91. The summed E-state index contributed by atoms with van der Waals surface area (Å²) in [6, 6.07) is 13.2. The van der Waals surface area contributed by atoms with E-state index in [1.54, 1.807) is 35.2 Å². The lowest BCUT2D eigenvalue weighted by Crippen LogP contribution is -2.42. The summed E-state index contributed by atoms with van der Waals surface area (Å²) in [5.74, 6) is 0.911. The zero-order valence-corrected chi connectivity index (χ0v) is 17.5. The van der Waals surface area contributed by atoms with Crippen LogP contribution in [0, 0.1) is 11.7 Å². The minimum absolute atomic E-state index is 0.168. The Bertz CT molecular complexity index is 1070. The van der Waals surface area contributed by atoms with Gasteiger partial charge in [-0.25, -0.2) is 19.4 Å². The van der Waals surface area contributed by atoms with Crippen molar-refractivity contribution in [2.75, 3.05) is 23.7 Å². The number of rotatable bonds is 3. The maximum absolute atomic E-state index is 13.3. The monoisotopic (exact) mass is 439 g/mol. The van der Waals surface area contributed by atoms with Gasteiger partial charge in [0.05, 0.1) is 18.9 Å². The summed E-state index contributed by atoms with van der Waals surface area (Å²) in [6.07, 6.45) is 2.37. The quantitative estimate of drug-likeness (QED) is 0.676. The Morgan fingerprint density at radius 2 is 1.97 bits per heavy atom. The van der Waals surface area contributed by atoms with E-state index in [1.807, 2.05) is 29.6 Å². The lowest BCUT2D eigenvalue weighted by atomic mass is 9.87. The number of carbonyl (C=O) groups excluding carboxylic acids is 1. The molecule has 3 aromatic rings. The third-order valence-corrected chi connectivity index (χ3v) is 7.44. The van der Waals surface area contributed by atoms with Gasteiger partial charge in [0.2, 0.25) is 5.95 Å². The molecular formula is C21H18FN5OS2. The molecule has 152 valence electrons. The van der Waals surface area contributed by atoms with Crippen molar-refractivity contribution >= 4 is 40.1 Å². The molecule has 1 amide bonds. The predicted octanol–water partition coefficient (Wildman–Crippen LogP) is 3.54. The highest BCUT2D eigenvalue weighted by atomic mass is 32.2. The Hall–Kier alpha value is -2.78. The topological polar surface area (TPSA) is 70.5 Å². The Balaban J connectivity index is 1.47. The Kier molecular flexibility index (Phi) is 5.00. The summed E-state index contributed by atoms with van der Waals surface area (Å²) in [7, 11) is 0. The number of anilines is 1. The van der Waals surface area contributed by atoms with E-state index in [1.165, 1.54) is 12.4 Å². The van der Waals surface area contributed by atoms with Crippen LogP contribution in [-0.4, -0.2) is 39.9 Å². The first-order valence-electron chi connectivity index (χ1n) is 9.49. The van der Waals surface area contributed by atoms with Crippen molar-refractivity contribution in [3.8, 4) is 0 Å². The van der Waals surface area contributed by atoms with Crippen LogP contribution in [0.5, 0.6) is 0 Å². The third-order valence-electron chi connectivity index (χ3n) is 5.36. The molecule has 0 bridgehead atoms. The number of amides is 1. The van der Waals surface area contributed by atoms with E-state index < -0.39 is 11.4 Å². The van der Waals surface area contributed by atoms with Crippen LogP contribution in [0.25, 0.3) is 0 Å². The molecule has 2 aromatic heterocycles. The number of hydrogen-bond acceptors (Lipinski definition) is 7. The second kappa shape index (κ2) is 7.81. The third kappa shape index (κ3) is 3.48. The van der Waals surface area contributed by atoms with E-state index in [9.17, 15) is 9.18 Å². The zero-order chi connectivity index (χ0) is 20.6. The van der Waals surface area contributed by atoms with Crippen molar-refractivity contribution < 1.29 is 9.18 Å². The molecule has 2 atom stereocenters. The number of amidine groups is 1. The van der Waals surface area contributed by atoms with Crippen LogP contribution in [0.3, 0.4) is 0 Å². The summed E-state index contributed by atoms with van der Waals surface area (Å²) in [5, 5.41) is 5.64. The number of halogens is 1. The predicted molar refractivity (Wildman–Crippen MR) is 117 cm³/mol. The van der Waals surface area contributed by atoms with Gasteiger partial charge in [-0.05, 0) is 23.6 Å². The van der Waals surface area contributed by atoms with Gasteiger partial charge in [-0.1, -0.05) is 36.0 Å². The Morgan fingerprint density at radius 1 is 1.17 bits per heavy atom. The molecule has 30 heavy (non-hydrogen) atoms. The number of nitrogens with one attached hydrogen (secondary N) is 1. The summed E-state index contributed by atoms with van der Waals surface area (Å²) in [6.45, 7) is 1.30. The van der Waals surface area contributed by atoms with Crippen LogP contribution in [-0.2, 0) is 5.54 Å². The van der Waals surface area contributed by atoms with Crippen molar-refractivity contribution in [1.29, 1.82) is 0 Å². The van der Waals surface area contributed by atoms with Crippen LogP contribution in [0.1, 0.15) is 15.2 Å². The van der Waals surface area contributed by atoms with Gasteiger partial charge in [-0.2, -0.15) is 0 Å². The first-order chi connectivity index (χ1) is 14.6. The van der Waals surface area contributed by atoms with Gasteiger partial charge >= 0.3 is 0 Å². The van der Waals surface area contributed by atoms with Gasteiger partial charge in [0.15, 0.2) is 11.0 Å². The van der Waals surface area contributed by atoms with Crippen molar-refractivity contribution in [3.63, 3.8) is 0 Å². The summed E-state index contributed by atoms with van der Waals surface area (Å²) in [4.78, 5) is 29.2. The number of nitrogens with zero attached hydrogens (tertiary/aromatic N) is 4. The standard InChI is InChI=1S/C21H18FN5OS2/c22-16-9-23-19(24-10-16)27-11-15-12-30-20(25-18(28)14-5-2-1-3-6-14)26-21(15,13-27)17-7-4-8-29-17/h1-10,15H,11-13H2,(H,25,26,28). The number of benzene rings is 1. The fourth-order valence-corrected chi connectivity index (χ4v) is 5.99. The number of thiophene rings is 1. The van der Waals surface area contributed by atoms with Crippen LogP contribution in [0.15, 0.2) is 65.2 Å². The van der Waals surface area contributed by atoms with Crippen molar-refractivity contribution in [3.05, 3.63) is 76.5 Å². The van der Waals surface area contributed by atoms with Crippen LogP contribution in [0.2, 0.25) is 0 Å². The number of carbonyl (C=O) groups is 1. The normalized spacial score (nSPS) is 23.0. The summed E-state index contributed by atoms with van der Waals surface area (Å²) >= 11 is 3.21. The largest absolute Gasteiger partial charge is 0.338 e. The van der Waals surface area contributed by atoms with Gasteiger partial charge in [0.1, 0.15) is 5.54 Å². The molecule has 2 unspecified atom stereocenters. The average molecular weight is 440 g/mol. The van der Waals surface area contributed by atoms with Gasteiger partial charge in [-0.3, -0.25) is 4.79 Å². The first-order valence-corrected chi connectivity index (χ1v) is 11.4. The first kappa shape index (κ1) is 19.2. The molecule has 2 aliphatic rings. The summed E-state index contributed by atoms with van der Waals surface area (Å²) < 4.78 is 13.3. The van der Waals surface area contributed by atoms with E-state index in [0.29, 0.717) is 23.2 Å². The molecule has 9 heteroatoms. The SMILES string of the molecule is O=C(NC1=NC2(c3cccs3)CN(c3ncc(F)cn3)CC2CS1)c1ccccc1. The highest BCUT2D eigenvalue weighted by Crippen LogP contribution is 2.47. The minimum atomic E-state index is -0.490. The molecule has 0 radical (unpaired) electrons. The molecular weight excluding hydrogens is 421 g/mol. The molecule has 1 fully saturated rings. The maximum Gasteiger partial charge on any atom is 0.257 e. The van der Waals surface area contributed by atoms with Gasteiger partial charge in [0, 0.05) is 28.7 Å². The lowest BCUT2D eigenvalue weighted by molar-refractivity contribution is 0.0977. The molecule has 1 N–H and O–H groups in total. The fraction of sp³-hybridized carbons (Fsp3) is 0.238. The summed E-state index contributed by atoms with van der Waals surface area (Å²) in [5.41, 5.74) is 0.108. The van der Waals surface area contributed by atoms with E-state index in [-0.39, 0.29) is 11.8 Å². The average Bonchev–Trinajstić information content (AvgIpc) is 3.43. The molecule has 0 spiro atoms. The number of hydrogen-bond donors (Lipinski definition) is 1. The van der Waals surface area contributed by atoms with Gasteiger partial charge in [-0.15, -0.1) is 11.3 Å². The molecule has 1 aromatic carbocycles. The van der Waals surface area contributed by atoms with Crippen molar-refractivity contribution in [2.24, 2.45) is 10.9 Å². The highest BCUT2D eigenvalue weighted by molar-refractivity contribution is 8.13. The highest BCUT2D eigenvalue weighted by Gasteiger charge is 2.51. The molecule has 1 saturated heterocycles. The van der Waals surface area contributed by atoms with Crippen LogP contribution < -0.4 is 10.2 Å².